The number of likely N-dealkylation sites (N-methyl/N-ethyl adjacent to an activating group) is 1. The van der Waals surface area contributed by atoms with Crippen LogP contribution in [0.5, 0.6) is 0 Å². The van der Waals surface area contributed by atoms with E-state index in [-0.39, 0.29) is 19.1 Å². The third-order valence-corrected chi connectivity index (χ3v) is 6.93. The second-order valence-electron chi connectivity index (χ2n) is 9.89. The van der Waals surface area contributed by atoms with Crippen LogP contribution in [-0.2, 0) is 20.9 Å². The summed E-state index contributed by atoms with van der Waals surface area (Å²) in [4.78, 5) is 39.6. The molecular weight excluding hydrogens is 494 g/mol. The minimum absolute atomic E-state index is 0.0989. The van der Waals surface area contributed by atoms with Crippen LogP contribution in [0.4, 0.5) is 4.79 Å². The lowest BCUT2D eigenvalue weighted by atomic mass is 9.98. The van der Waals surface area contributed by atoms with E-state index in [0.29, 0.717) is 19.4 Å². The lowest BCUT2D eigenvalue weighted by molar-refractivity contribution is -0.142. The van der Waals surface area contributed by atoms with Gasteiger partial charge in [-0.25, -0.2) is 9.59 Å². The van der Waals surface area contributed by atoms with Crippen LogP contribution >= 0.6 is 0 Å². The SMILES string of the molecule is CCC[C@H](NC(=O)OCC1c2ccccc2-c2ccccc21)C(=O)NC(CN(C)Cc1ccccc1)C(=O)O. The van der Waals surface area contributed by atoms with Crippen molar-refractivity contribution in [3.05, 3.63) is 95.6 Å². The van der Waals surface area contributed by atoms with Crippen LogP contribution in [0.3, 0.4) is 0 Å². The third kappa shape index (κ3) is 7.03. The Bertz CT molecular complexity index is 1250. The van der Waals surface area contributed by atoms with Gasteiger partial charge in [0.05, 0.1) is 0 Å². The molecule has 1 aliphatic rings. The monoisotopic (exact) mass is 529 g/mol. The van der Waals surface area contributed by atoms with Crippen LogP contribution in [-0.4, -0.2) is 60.3 Å². The van der Waals surface area contributed by atoms with Gasteiger partial charge in [0.15, 0.2) is 0 Å². The van der Waals surface area contributed by atoms with Crippen molar-refractivity contribution in [2.24, 2.45) is 0 Å². The number of hydrogen-bond donors (Lipinski definition) is 3. The first kappa shape index (κ1) is 27.9. The summed E-state index contributed by atoms with van der Waals surface area (Å²) >= 11 is 0. The second kappa shape index (κ2) is 13.1. The zero-order chi connectivity index (χ0) is 27.8. The van der Waals surface area contributed by atoms with E-state index in [4.69, 9.17) is 4.74 Å². The molecule has 204 valence electrons. The van der Waals surface area contributed by atoms with Crippen molar-refractivity contribution in [3.63, 3.8) is 0 Å². The lowest BCUT2D eigenvalue weighted by Crippen LogP contribution is -2.54. The molecule has 8 heteroatoms. The fraction of sp³-hybridized carbons (Fsp3) is 0.323. The molecule has 1 aliphatic carbocycles. The predicted molar refractivity (Wildman–Crippen MR) is 149 cm³/mol. The van der Waals surface area contributed by atoms with Crippen molar-refractivity contribution in [2.45, 2.75) is 44.3 Å². The molecule has 0 saturated heterocycles. The number of hydrogen-bond acceptors (Lipinski definition) is 5. The number of carbonyl (C=O) groups is 3. The molecule has 4 rings (SSSR count). The number of nitrogens with one attached hydrogen (secondary N) is 2. The van der Waals surface area contributed by atoms with E-state index in [1.807, 2.05) is 78.6 Å². The highest BCUT2D eigenvalue weighted by atomic mass is 16.5. The summed E-state index contributed by atoms with van der Waals surface area (Å²) in [6.07, 6.45) is 0.258. The van der Waals surface area contributed by atoms with E-state index in [9.17, 15) is 19.5 Å². The molecule has 0 aromatic heterocycles. The number of amides is 2. The van der Waals surface area contributed by atoms with Crippen LogP contribution in [0.1, 0.15) is 42.4 Å². The van der Waals surface area contributed by atoms with Gasteiger partial charge in [-0.1, -0.05) is 92.2 Å². The fourth-order valence-corrected chi connectivity index (χ4v) is 5.07. The first-order valence-corrected chi connectivity index (χ1v) is 13.2. The number of carboxylic acids is 1. The maximum absolute atomic E-state index is 13.0. The Kier molecular flexibility index (Phi) is 9.33. The molecular formula is C31H35N3O5. The topological polar surface area (TPSA) is 108 Å². The number of aliphatic carboxylic acids is 1. The highest BCUT2D eigenvalue weighted by Crippen LogP contribution is 2.44. The van der Waals surface area contributed by atoms with Crippen molar-refractivity contribution < 1.29 is 24.2 Å². The van der Waals surface area contributed by atoms with Crippen LogP contribution in [0.2, 0.25) is 0 Å². The molecule has 0 fully saturated rings. The summed E-state index contributed by atoms with van der Waals surface area (Å²) in [6, 6.07) is 23.7. The Morgan fingerprint density at radius 2 is 1.46 bits per heavy atom. The molecule has 8 nitrogen and oxygen atoms in total. The average Bonchev–Trinajstić information content (AvgIpc) is 3.25. The molecule has 2 atom stereocenters. The van der Waals surface area contributed by atoms with Gasteiger partial charge in [0.25, 0.3) is 0 Å². The number of alkyl carbamates (subject to hydrolysis) is 1. The van der Waals surface area contributed by atoms with Gasteiger partial charge in [-0.15, -0.1) is 0 Å². The molecule has 0 radical (unpaired) electrons. The Labute approximate surface area is 229 Å². The standard InChI is InChI=1S/C31H35N3O5/c1-3-11-27(29(35)32-28(30(36)37)19-34(2)18-21-12-5-4-6-13-21)33-31(38)39-20-26-24-16-9-7-14-22(24)23-15-8-10-17-25(23)26/h4-10,12-17,26-28H,3,11,18-20H2,1-2H3,(H,32,35)(H,33,38)(H,36,37)/t27-,28?/m0/s1. The number of nitrogens with zero attached hydrogens (tertiary/aromatic N) is 1. The second-order valence-corrected chi connectivity index (χ2v) is 9.89. The zero-order valence-electron chi connectivity index (χ0n) is 22.3. The molecule has 3 N–H and O–H groups in total. The van der Waals surface area contributed by atoms with E-state index in [1.165, 1.54) is 0 Å². The van der Waals surface area contributed by atoms with Gasteiger partial charge in [0, 0.05) is 19.0 Å². The molecule has 0 heterocycles. The minimum Gasteiger partial charge on any atom is -0.480 e. The maximum atomic E-state index is 13.0. The smallest absolute Gasteiger partial charge is 0.407 e. The number of carbonyl (C=O) groups excluding carboxylic acids is 2. The molecule has 3 aromatic rings. The third-order valence-electron chi connectivity index (χ3n) is 6.93. The molecule has 3 aromatic carbocycles. The van der Waals surface area contributed by atoms with Gasteiger partial charge in [0.1, 0.15) is 18.7 Å². The van der Waals surface area contributed by atoms with Crippen LogP contribution in [0, 0.1) is 0 Å². The summed E-state index contributed by atoms with van der Waals surface area (Å²) in [7, 11) is 1.80. The molecule has 39 heavy (non-hydrogen) atoms. The number of rotatable bonds is 12. The summed E-state index contributed by atoms with van der Waals surface area (Å²) in [6.45, 7) is 2.67. The summed E-state index contributed by atoms with van der Waals surface area (Å²) in [5.74, 6) is -1.79. The Morgan fingerprint density at radius 1 is 0.872 bits per heavy atom. The number of ether oxygens (including phenoxy) is 1. The van der Waals surface area contributed by atoms with E-state index < -0.39 is 30.1 Å². The van der Waals surface area contributed by atoms with Gasteiger partial charge < -0.3 is 20.5 Å². The van der Waals surface area contributed by atoms with Crippen LogP contribution in [0.15, 0.2) is 78.9 Å². The largest absolute Gasteiger partial charge is 0.480 e. The lowest BCUT2D eigenvalue weighted by Gasteiger charge is -2.25. The van der Waals surface area contributed by atoms with E-state index >= 15 is 0 Å². The maximum Gasteiger partial charge on any atom is 0.407 e. The Balaban J connectivity index is 1.35. The Hall–Kier alpha value is -4.17. The van der Waals surface area contributed by atoms with E-state index in [2.05, 4.69) is 22.8 Å². The van der Waals surface area contributed by atoms with Crippen molar-refractivity contribution in [2.75, 3.05) is 20.2 Å². The number of fused-ring (bicyclic) bond motifs is 3. The van der Waals surface area contributed by atoms with Crippen LogP contribution in [0.25, 0.3) is 11.1 Å². The van der Waals surface area contributed by atoms with Crippen molar-refractivity contribution >= 4 is 18.0 Å². The van der Waals surface area contributed by atoms with Gasteiger partial charge in [0.2, 0.25) is 5.91 Å². The van der Waals surface area contributed by atoms with Gasteiger partial charge >= 0.3 is 12.1 Å². The molecule has 0 aliphatic heterocycles. The van der Waals surface area contributed by atoms with Crippen molar-refractivity contribution in [1.29, 1.82) is 0 Å². The summed E-state index contributed by atoms with van der Waals surface area (Å²) < 4.78 is 5.60. The molecule has 0 bridgehead atoms. The van der Waals surface area contributed by atoms with Gasteiger partial charge in [-0.2, -0.15) is 0 Å². The zero-order valence-corrected chi connectivity index (χ0v) is 22.3. The number of carboxylic acid groups (broad SMARTS) is 1. The van der Waals surface area contributed by atoms with E-state index in [1.54, 1.807) is 7.05 Å². The van der Waals surface area contributed by atoms with E-state index in [0.717, 1.165) is 27.8 Å². The van der Waals surface area contributed by atoms with Crippen LogP contribution < -0.4 is 10.6 Å². The quantitative estimate of drug-likeness (QED) is 0.321. The first-order chi connectivity index (χ1) is 18.9. The van der Waals surface area contributed by atoms with Gasteiger partial charge in [-0.3, -0.25) is 9.69 Å². The number of benzene rings is 3. The molecule has 2 amide bonds. The fourth-order valence-electron chi connectivity index (χ4n) is 5.07. The summed E-state index contributed by atoms with van der Waals surface area (Å²) in [5.41, 5.74) is 5.48. The Morgan fingerprint density at radius 3 is 2.05 bits per heavy atom. The van der Waals surface area contributed by atoms with Crippen molar-refractivity contribution in [3.8, 4) is 11.1 Å². The highest BCUT2D eigenvalue weighted by Gasteiger charge is 2.31. The van der Waals surface area contributed by atoms with Gasteiger partial charge in [-0.05, 0) is 41.3 Å². The predicted octanol–water partition coefficient (Wildman–Crippen LogP) is 4.40. The average molecular weight is 530 g/mol. The minimum atomic E-state index is -1.14. The molecule has 1 unspecified atom stereocenters. The molecule has 0 saturated carbocycles. The summed E-state index contributed by atoms with van der Waals surface area (Å²) in [5, 5.41) is 15.0. The molecule has 0 spiro atoms. The highest BCUT2D eigenvalue weighted by molar-refractivity contribution is 5.89. The first-order valence-electron chi connectivity index (χ1n) is 13.2. The normalized spacial score (nSPS) is 13.7. The van der Waals surface area contributed by atoms with Crippen molar-refractivity contribution in [1.82, 2.24) is 15.5 Å².